The third kappa shape index (κ3) is 6.18. The Morgan fingerprint density at radius 3 is 1.47 bits per heavy atom. The third-order valence-electron chi connectivity index (χ3n) is 13.5. The van der Waals surface area contributed by atoms with Crippen LogP contribution in [0, 0.1) is 0 Å². The van der Waals surface area contributed by atoms with E-state index in [4.69, 9.17) is 0 Å². The van der Waals surface area contributed by atoms with Gasteiger partial charge in [-0.15, -0.1) is 0 Å². The highest BCUT2D eigenvalue weighted by Gasteiger charge is 2.22. The molecule has 12 aromatic carbocycles. The summed E-state index contributed by atoms with van der Waals surface area (Å²) in [6.07, 6.45) is 0. The summed E-state index contributed by atoms with van der Waals surface area (Å²) in [4.78, 5) is 2.46. The van der Waals surface area contributed by atoms with E-state index in [2.05, 4.69) is 264 Å². The van der Waals surface area contributed by atoms with E-state index in [1.165, 1.54) is 104 Å². The van der Waals surface area contributed by atoms with E-state index in [0.29, 0.717) is 0 Å². The van der Waals surface area contributed by atoms with Gasteiger partial charge in [-0.05, 0) is 121 Å². The van der Waals surface area contributed by atoms with Gasteiger partial charge >= 0.3 is 0 Å². The average molecular weight is 839 g/mol. The molecule has 0 unspecified atom stereocenters. The van der Waals surface area contributed by atoms with Crippen molar-refractivity contribution in [1.82, 2.24) is 4.57 Å². The van der Waals surface area contributed by atoms with E-state index in [0.717, 1.165) is 17.1 Å². The molecular weight excluding hydrogens is 797 g/mol. The maximum Gasteiger partial charge on any atom is 0.0541 e. The first kappa shape index (κ1) is 37.8. The van der Waals surface area contributed by atoms with E-state index >= 15 is 0 Å². The van der Waals surface area contributed by atoms with Crippen molar-refractivity contribution in [2.45, 2.75) is 0 Å². The molecule has 0 spiro atoms. The number of para-hydroxylation sites is 2. The van der Waals surface area contributed by atoms with Gasteiger partial charge in [-0.3, -0.25) is 0 Å². The molecule has 0 amide bonds. The Morgan fingerprint density at radius 2 is 0.773 bits per heavy atom. The van der Waals surface area contributed by atoms with Crippen molar-refractivity contribution in [3.63, 3.8) is 0 Å². The Labute approximate surface area is 383 Å². The summed E-state index contributed by atoms with van der Waals surface area (Å²) in [6, 6.07) is 93.3. The lowest BCUT2D eigenvalue weighted by Crippen LogP contribution is -2.11. The number of rotatable bonds is 8. The Morgan fingerprint density at radius 1 is 0.273 bits per heavy atom. The van der Waals surface area contributed by atoms with Gasteiger partial charge in [-0.1, -0.05) is 200 Å². The van der Waals surface area contributed by atoms with Crippen molar-refractivity contribution in [2.24, 2.45) is 0 Å². The number of hydrogen-bond acceptors (Lipinski definition) is 1. The summed E-state index contributed by atoms with van der Waals surface area (Å²) in [5.41, 5.74) is 16.5. The van der Waals surface area contributed by atoms with Crippen molar-refractivity contribution >= 4 is 71.2 Å². The van der Waals surface area contributed by atoms with Crippen LogP contribution in [-0.2, 0) is 0 Å². The lowest BCUT2D eigenvalue weighted by atomic mass is 9.91. The van der Waals surface area contributed by atoms with Gasteiger partial charge in [0.2, 0.25) is 0 Å². The van der Waals surface area contributed by atoms with Gasteiger partial charge in [0, 0.05) is 32.9 Å². The first-order chi connectivity index (χ1) is 32.7. The summed E-state index contributed by atoms with van der Waals surface area (Å²) < 4.78 is 2.46. The fourth-order valence-electron chi connectivity index (χ4n) is 10.5. The summed E-state index contributed by atoms with van der Waals surface area (Å²) in [5, 5.41) is 9.99. The zero-order valence-corrected chi connectivity index (χ0v) is 36.1. The normalized spacial score (nSPS) is 11.6. The number of hydrogen-bond donors (Lipinski definition) is 0. The molecule has 1 aromatic heterocycles. The first-order valence-electron chi connectivity index (χ1n) is 22.8. The van der Waals surface area contributed by atoms with Gasteiger partial charge < -0.3 is 9.47 Å². The Kier molecular flexibility index (Phi) is 8.89. The van der Waals surface area contributed by atoms with Gasteiger partial charge in [-0.2, -0.15) is 0 Å². The summed E-state index contributed by atoms with van der Waals surface area (Å²) in [7, 11) is 0. The number of anilines is 3. The molecule has 2 heteroatoms. The van der Waals surface area contributed by atoms with Gasteiger partial charge in [0.25, 0.3) is 0 Å². The summed E-state index contributed by atoms with van der Waals surface area (Å²) in [5.74, 6) is 0. The second-order valence-corrected chi connectivity index (χ2v) is 17.3. The molecule has 0 atom stereocenters. The number of nitrogens with zero attached hydrogens (tertiary/aromatic N) is 2. The highest BCUT2D eigenvalue weighted by molar-refractivity contribution is 6.27. The molecule has 2 nitrogen and oxygen atoms in total. The van der Waals surface area contributed by atoms with Gasteiger partial charge in [-0.25, -0.2) is 0 Å². The highest BCUT2D eigenvalue weighted by Crippen LogP contribution is 2.47. The van der Waals surface area contributed by atoms with Crippen molar-refractivity contribution in [3.8, 4) is 50.2 Å². The quantitative estimate of drug-likeness (QED) is 0.138. The zero-order chi connectivity index (χ0) is 43.6. The molecule has 0 saturated carbocycles. The molecule has 0 aliphatic carbocycles. The molecule has 0 bridgehead atoms. The third-order valence-corrected chi connectivity index (χ3v) is 13.5. The Balaban J connectivity index is 1.01. The van der Waals surface area contributed by atoms with E-state index in [1.54, 1.807) is 0 Å². The maximum atomic E-state index is 2.46. The fraction of sp³-hybridized carbons (Fsp3) is 0. The molecule has 1 heterocycles. The lowest BCUT2D eigenvalue weighted by Gasteiger charge is -2.28. The molecule has 308 valence electrons. The molecule has 0 radical (unpaired) electrons. The predicted molar refractivity (Wildman–Crippen MR) is 281 cm³/mol. The molecule has 13 rings (SSSR count). The predicted octanol–water partition coefficient (Wildman–Crippen LogP) is 17.8. The topological polar surface area (TPSA) is 8.17 Å². The van der Waals surface area contributed by atoms with Crippen molar-refractivity contribution in [1.29, 1.82) is 0 Å². The van der Waals surface area contributed by atoms with Gasteiger partial charge in [0.05, 0.1) is 22.4 Å². The van der Waals surface area contributed by atoms with Crippen LogP contribution < -0.4 is 4.90 Å². The second-order valence-electron chi connectivity index (χ2n) is 17.3. The molecule has 0 aliphatic rings. The average Bonchev–Trinajstić information content (AvgIpc) is 3.73. The van der Waals surface area contributed by atoms with Gasteiger partial charge in [0.1, 0.15) is 0 Å². The zero-order valence-electron chi connectivity index (χ0n) is 36.1. The minimum absolute atomic E-state index is 1.09. The highest BCUT2D eigenvalue weighted by atomic mass is 15.1. The molecule has 0 N–H and O–H groups in total. The molecule has 13 aromatic rings. The number of aromatic nitrogens is 1. The minimum Gasteiger partial charge on any atom is -0.310 e. The van der Waals surface area contributed by atoms with Crippen molar-refractivity contribution < 1.29 is 0 Å². The largest absolute Gasteiger partial charge is 0.310 e. The van der Waals surface area contributed by atoms with Gasteiger partial charge in [0.15, 0.2) is 0 Å². The van der Waals surface area contributed by atoms with Crippen LogP contribution in [0.3, 0.4) is 0 Å². The van der Waals surface area contributed by atoms with Crippen molar-refractivity contribution in [3.05, 3.63) is 255 Å². The van der Waals surface area contributed by atoms with E-state index in [-0.39, 0.29) is 0 Å². The smallest absolute Gasteiger partial charge is 0.0541 e. The molecule has 0 aliphatic heterocycles. The van der Waals surface area contributed by atoms with Crippen LogP contribution in [-0.4, -0.2) is 4.57 Å². The molecule has 66 heavy (non-hydrogen) atoms. The summed E-state index contributed by atoms with van der Waals surface area (Å²) in [6.45, 7) is 0. The van der Waals surface area contributed by atoms with Crippen LogP contribution in [0.2, 0.25) is 0 Å². The van der Waals surface area contributed by atoms with Crippen LogP contribution in [0.4, 0.5) is 17.1 Å². The summed E-state index contributed by atoms with van der Waals surface area (Å²) >= 11 is 0. The van der Waals surface area contributed by atoms with Crippen LogP contribution >= 0.6 is 0 Å². The molecular formula is C64H42N2. The van der Waals surface area contributed by atoms with Crippen LogP contribution in [0.25, 0.3) is 104 Å². The number of benzene rings is 12. The van der Waals surface area contributed by atoms with E-state index in [9.17, 15) is 0 Å². The van der Waals surface area contributed by atoms with Crippen molar-refractivity contribution in [2.75, 3.05) is 4.90 Å². The molecule has 0 saturated heterocycles. The minimum atomic E-state index is 1.09. The van der Waals surface area contributed by atoms with Crippen LogP contribution in [0.15, 0.2) is 255 Å². The van der Waals surface area contributed by atoms with E-state index < -0.39 is 0 Å². The second kappa shape index (κ2) is 15.5. The number of fused-ring (bicyclic) bond motifs is 3. The van der Waals surface area contributed by atoms with Crippen LogP contribution in [0.5, 0.6) is 0 Å². The lowest BCUT2D eigenvalue weighted by molar-refractivity contribution is 1.20. The van der Waals surface area contributed by atoms with Crippen LogP contribution in [0.1, 0.15) is 0 Å². The monoisotopic (exact) mass is 838 g/mol. The maximum absolute atomic E-state index is 2.46. The fourth-order valence-corrected chi connectivity index (χ4v) is 10.5. The Hall–Kier alpha value is -8.72. The first-order valence-corrected chi connectivity index (χ1v) is 22.8. The van der Waals surface area contributed by atoms with E-state index in [1.807, 2.05) is 0 Å². The Bertz CT molecular complexity index is 3870. The SMILES string of the molecule is c1ccc(-c2cccc(-c3ccc(N(c4cccc(-c5ccccc5-c5ccccc5)c4)c4ccc5ccc6c(-n7c8ccccc8c8ccccc87)ccc7ccc4c5c76)cc3)c2)cc1. The standard InChI is InChI=1S/C64H42N2/c1-3-15-43(16-4-1)48-19-13-20-49(41-48)44-29-35-51(36-30-44)65(52-22-14-21-50(42-52)54-24-8-7-23-53(54)45-17-5-2-6-18-45)61-39-33-46-32-38-58-62(40-34-47-31-37-57(61)63(46)64(47)58)66-59-27-11-9-25-55(59)56-26-10-12-28-60(56)66/h1-42H. The molecule has 0 fully saturated rings.